The van der Waals surface area contributed by atoms with Crippen molar-refractivity contribution in [1.29, 1.82) is 0 Å². The number of imidazole rings is 1. The summed E-state index contributed by atoms with van der Waals surface area (Å²) in [5.41, 5.74) is 6.76. The summed E-state index contributed by atoms with van der Waals surface area (Å²) < 4.78 is 3.85. The second kappa shape index (κ2) is 10.5. The number of nitrogens with one attached hydrogen (secondary N) is 2. The van der Waals surface area contributed by atoms with Gasteiger partial charge in [-0.3, -0.25) is 18.8 Å². The van der Waals surface area contributed by atoms with Crippen LogP contribution in [0.5, 0.6) is 0 Å². The summed E-state index contributed by atoms with van der Waals surface area (Å²) in [6.45, 7) is 3.12. The first-order valence-electron chi connectivity index (χ1n) is 12.2. The molecular weight excluding hydrogens is 464 g/mol. The van der Waals surface area contributed by atoms with Gasteiger partial charge >= 0.3 is 0 Å². The van der Waals surface area contributed by atoms with Crippen LogP contribution in [0.3, 0.4) is 0 Å². The zero-order valence-corrected chi connectivity index (χ0v) is 20.8. The van der Waals surface area contributed by atoms with Crippen LogP contribution in [0.25, 0.3) is 16.7 Å². The Bertz CT molecular complexity index is 1550. The zero-order valence-electron chi connectivity index (χ0n) is 20.8. The fourth-order valence-corrected chi connectivity index (χ4v) is 4.34. The second-order valence-electron chi connectivity index (χ2n) is 8.75. The number of aromatic nitrogens is 4. The number of fused-ring (bicyclic) bond motifs is 1. The monoisotopic (exact) mass is 492 g/mol. The van der Waals surface area contributed by atoms with Gasteiger partial charge in [-0.1, -0.05) is 42.5 Å². The predicted octanol–water partition coefficient (Wildman–Crippen LogP) is 4.12. The van der Waals surface area contributed by atoms with Crippen molar-refractivity contribution in [3.63, 3.8) is 0 Å². The summed E-state index contributed by atoms with van der Waals surface area (Å²) in [5.74, 6) is -0.338. The quantitative estimate of drug-likeness (QED) is 0.341. The molecule has 0 radical (unpaired) electrons. The van der Waals surface area contributed by atoms with Gasteiger partial charge in [-0.2, -0.15) is 5.10 Å². The Morgan fingerprint density at radius 2 is 1.68 bits per heavy atom. The molecule has 186 valence electrons. The number of nitrogens with zero attached hydrogens (tertiary/aromatic N) is 4. The van der Waals surface area contributed by atoms with E-state index in [9.17, 15) is 9.59 Å². The predicted molar refractivity (Wildman–Crippen MR) is 143 cm³/mol. The number of carbonyl (C=O) groups excluding carboxylic acids is 2. The SMILES string of the molecule is CCn1nc(C(=O)NCc2ccc(-n3cnc4cc(C(=O)NC)ccc43)cc2)cc1Cc1ccccc1. The highest BCUT2D eigenvalue weighted by Gasteiger charge is 2.14. The van der Waals surface area contributed by atoms with Crippen LogP contribution in [0.1, 0.15) is 44.6 Å². The maximum Gasteiger partial charge on any atom is 0.272 e. The minimum Gasteiger partial charge on any atom is -0.355 e. The van der Waals surface area contributed by atoms with Crippen molar-refractivity contribution < 1.29 is 9.59 Å². The van der Waals surface area contributed by atoms with Crippen molar-refractivity contribution in [3.8, 4) is 5.69 Å². The molecule has 2 amide bonds. The molecule has 5 rings (SSSR count). The molecule has 8 heteroatoms. The molecule has 0 unspecified atom stereocenters. The van der Waals surface area contributed by atoms with Crippen molar-refractivity contribution >= 4 is 22.8 Å². The number of benzene rings is 3. The third-order valence-electron chi connectivity index (χ3n) is 6.33. The van der Waals surface area contributed by atoms with Gasteiger partial charge < -0.3 is 10.6 Å². The highest BCUT2D eigenvalue weighted by molar-refractivity contribution is 5.97. The van der Waals surface area contributed by atoms with Gasteiger partial charge in [0, 0.05) is 43.5 Å². The number of aryl methyl sites for hydroxylation is 1. The molecule has 8 nitrogen and oxygen atoms in total. The molecule has 0 saturated heterocycles. The summed E-state index contributed by atoms with van der Waals surface area (Å²) in [7, 11) is 1.61. The van der Waals surface area contributed by atoms with Crippen molar-refractivity contribution in [1.82, 2.24) is 30.0 Å². The highest BCUT2D eigenvalue weighted by atomic mass is 16.2. The zero-order chi connectivity index (χ0) is 25.8. The lowest BCUT2D eigenvalue weighted by Gasteiger charge is -2.08. The lowest BCUT2D eigenvalue weighted by Crippen LogP contribution is -2.23. The lowest BCUT2D eigenvalue weighted by atomic mass is 10.1. The summed E-state index contributed by atoms with van der Waals surface area (Å²) in [6.07, 6.45) is 2.47. The van der Waals surface area contributed by atoms with Crippen LogP contribution in [-0.4, -0.2) is 38.2 Å². The molecule has 0 aliphatic rings. The number of hydrogen-bond donors (Lipinski definition) is 2. The molecular formula is C29H28N6O2. The number of amides is 2. The molecule has 0 aliphatic carbocycles. The van der Waals surface area contributed by atoms with Crippen molar-refractivity contribution in [2.75, 3.05) is 7.05 Å². The summed E-state index contributed by atoms with van der Waals surface area (Å²) in [4.78, 5) is 29.2. The van der Waals surface area contributed by atoms with Gasteiger partial charge in [-0.15, -0.1) is 0 Å². The molecule has 5 aromatic rings. The van der Waals surface area contributed by atoms with Crippen LogP contribution >= 0.6 is 0 Å². The van der Waals surface area contributed by atoms with Crippen molar-refractivity contribution in [3.05, 3.63) is 113 Å². The molecule has 0 bridgehead atoms. The third-order valence-corrected chi connectivity index (χ3v) is 6.33. The van der Waals surface area contributed by atoms with E-state index in [0.29, 0.717) is 24.3 Å². The molecule has 2 aromatic heterocycles. The standard InChI is InChI=1S/C29H28N6O2/c1-3-35-24(15-20-7-5-4-6-8-20)17-26(33-35)29(37)31-18-21-9-12-23(13-10-21)34-19-32-25-16-22(28(36)30-2)11-14-27(25)34/h4-14,16-17,19H,3,15,18H2,1-2H3,(H,30,36)(H,31,37). The smallest absolute Gasteiger partial charge is 0.272 e. The topological polar surface area (TPSA) is 93.8 Å². The average Bonchev–Trinajstić information content (AvgIpc) is 3.56. The lowest BCUT2D eigenvalue weighted by molar-refractivity contribution is 0.0942. The summed E-state index contributed by atoms with van der Waals surface area (Å²) >= 11 is 0. The van der Waals surface area contributed by atoms with Crippen LogP contribution in [0.2, 0.25) is 0 Å². The Morgan fingerprint density at radius 3 is 2.41 bits per heavy atom. The molecule has 2 N–H and O–H groups in total. The van der Waals surface area contributed by atoms with Crippen LogP contribution in [-0.2, 0) is 19.5 Å². The number of carbonyl (C=O) groups is 2. The van der Waals surface area contributed by atoms with Gasteiger partial charge in [0.25, 0.3) is 11.8 Å². The Hall–Kier alpha value is -4.72. The van der Waals surface area contributed by atoms with E-state index in [1.165, 1.54) is 5.56 Å². The van der Waals surface area contributed by atoms with E-state index < -0.39 is 0 Å². The van der Waals surface area contributed by atoms with Gasteiger partial charge in [0.05, 0.1) is 11.0 Å². The first-order chi connectivity index (χ1) is 18.1. The Balaban J connectivity index is 1.25. The molecule has 0 spiro atoms. The van der Waals surface area contributed by atoms with E-state index in [4.69, 9.17) is 0 Å². The molecule has 0 saturated carbocycles. The molecule has 37 heavy (non-hydrogen) atoms. The van der Waals surface area contributed by atoms with E-state index in [0.717, 1.165) is 34.4 Å². The fourth-order valence-electron chi connectivity index (χ4n) is 4.34. The van der Waals surface area contributed by atoms with E-state index in [1.807, 2.05) is 70.8 Å². The third kappa shape index (κ3) is 5.13. The maximum absolute atomic E-state index is 12.8. The van der Waals surface area contributed by atoms with E-state index in [-0.39, 0.29) is 11.8 Å². The van der Waals surface area contributed by atoms with Crippen molar-refractivity contribution in [2.45, 2.75) is 26.4 Å². The van der Waals surface area contributed by atoms with E-state index >= 15 is 0 Å². The largest absolute Gasteiger partial charge is 0.355 e. The summed E-state index contributed by atoms with van der Waals surface area (Å²) in [5, 5.41) is 10.1. The fraction of sp³-hybridized carbons (Fsp3) is 0.172. The normalized spacial score (nSPS) is 11.0. The molecule has 0 fully saturated rings. The Kier molecular flexibility index (Phi) is 6.81. The first kappa shape index (κ1) is 24.0. The van der Waals surface area contributed by atoms with Crippen molar-refractivity contribution in [2.24, 2.45) is 0 Å². The van der Waals surface area contributed by atoms with Crippen LogP contribution < -0.4 is 10.6 Å². The average molecular weight is 493 g/mol. The van der Waals surface area contributed by atoms with Gasteiger partial charge in [-0.25, -0.2) is 4.98 Å². The van der Waals surface area contributed by atoms with E-state index in [2.05, 4.69) is 32.8 Å². The maximum atomic E-state index is 12.8. The number of hydrogen-bond acceptors (Lipinski definition) is 4. The first-order valence-corrected chi connectivity index (χ1v) is 12.2. The minimum atomic E-state index is -0.196. The molecule has 2 heterocycles. The van der Waals surface area contributed by atoms with E-state index in [1.54, 1.807) is 25.5 Å². The second-order valence-corrected chi connectivity index (χ2v) is 8.75. The number of rotatable bonds is 8. The summed E-state index contributed by atoms with van der Waals surface area (Å²) in [6, 6.07) is 25.4. The Labute approximate surface area is 215 Å². The Morgan fingerprint density at radius 1 is 0.892 bits per heavy atom. The molecule has 0 aliphatic heterocycles. The van der Waals surface area contributed by atoms with Crippen LogP contribution in [0.15, 0.2) is 85.2 Å². The molecule has 0 atom stereocenters. The minimum absolute atomic E-state index is 0.142. The van der Waals surface area contributed by atoms with Gasteiger partial charge in [0.1, 0.15) is 12.0 Å². The van der Waals surface area contributed by atoms with Crippen LogP contribution in [0, 0.1) is 0 Å². The van der Waals surface area contributed by atoms with Gasteiger partial charge in [-0.05, 0) is 54.4 Å². The van der Waals surface area contributed by atoms with Gasteiger partial charge in [0.2, 0.25) is 0 Å². The van der Waals surface area contributed by atoms with Crippen LogP contribution in [0.4, 0.5) is 0 Å². The highest BCUT2D eigenvalue weighted by Crippen LogP contribution is 2.20. The van der Waals surface area contributed by atoms with Gasteiger partial charge in [0.15, 0.2) is 0 Å². The molecule has 3 aromatic carbocycles.